The number of rotatable bonds is 2. The standard InChI is InChI=1S/C17H25N3O2/c1-11-14(17(22)19-12(2)18-11)10-16(21)20-9-5-7-13-6-3-4-8-15(13)20/h13,15H,3-10H2,1-2H3,(H,18,19,22)/t13-,15+/m0/s1. The highest BCUT2D eigenvalue weighted by atomic mass is 16.2. The van der Waals surface area contributed by atoms with Gasteiger partial charge in [-0.2, -0.15) is 0 Å². The zero-order valence-electron chi connectivity index (χ0n) is 13.5. The summed E-state index contributed by atoms with van der Waals surface area (Å²) in [4.78, 5) is 33.9. The van der Waals surface area contributed by atoms with Gasteiger partial charge in [-0.25, -0.2) is 4.98 Å². The smallest absolute Gasteiger partial charge is 0.254 e. The lowest BCUT2D eigenvalue weighted by molar-refractivity contribution is -0.136. The van der Waals surface area contributed by atoms with Crippen molar-refractivity contribution in [3.05, 3.63) is 27.4 Å². The quantitative estimate of drug-likeness (QED) is 0.910. The summed E-state index contributed by atoms with van der Waals surface area (Å²) in [6, 6.07) is 0.396. The number of H-pyrrole nitrogens is 1. The highest BCUT2D eigenvalue weighted by molar-refractivity contribution is 5.79. The fraction of sp³-hybridized carbons (Fsp3) is 0.706. The van der Waals surface area contributed by atoms with E-state index in [4.69, 9.17) is 0 Å². The lowest BCUT2D eigenvalue weighted by Crippen LogP contribution is -2.50. The molecule has 5 heteroatoms. The molecule has 2 fully saturated rings. The number of aryl methyl sites for hydroxylation is 2. The molecule has 1 saturated carbocycles. The maximum absolute atomic E-state index is 12.8. The summed E-state index contributed by atoms with van der Waals surface area (Å²) in [5, 5.41) is 0. The van der Waals surface area contributed by atoms with Gasteiger partial charge in [-0.1, -0.05) is 12.8 Å². The Morgan fingerprint density at radius 2 is 1.95 bits per heavy atom. The number of likely N-dealkylation sites (tertiary alicyclic amines) is 1. The Labute approximate surface area is 131 Å². The van der Waals surface area contributed by atoms with E-state index in [0.29, 0.717) is 29.0 Å². The lowest BCUT2D eigenvalue weighted by atomic mass is 9.78. The average molecular weight is 303 g/mol. The second-order valence-corrected chi connectivity index (χ2v) is 6.73. The van der Waals surface area contributed by atoms with Crippen molar-refractivity contribution in [1.29, 1.82) is 0 Å². The molecule has 5 nitrogen and oxygen atoms in total. The summed E-state index contributed by atoms with van der Waals surface area (Å²) in [5.74, 6) is 1.36. The van der Waals surface area contributed by atoms with E-state index in [-0.39, 0.29) is 17.9 Å². The lowest BCUT2D eigenvalue weighted by Gasteiger charge is -2.44. The molecule has 0 unspecified atom stereocenters. The molecule has 2 atom stereocenters. The van der Waals surface area contributed by atoms with E-state index >= 15 is 0 Å². The summed E-state index contributed by atoms with van der Waals surface area (Å²) in [7, 11) is 0. The van der Waals surface area contributed by atoms with Crippen molar-refractivity contribution in [2.75, 3.05) is 6.54 Å². The van der Waals surface area contributed by atoms with E-state index in [0.717, 1.165) is 19.4 Å². The third-order valence-corrected chi connectivity index (χ3v) is 5.23. The Balaban J connectivity index is 1.78. The fourth-order valence-corrected chi connectivity index (χ4v) is 4.15. The normalized spacial score (nSPS) is 24.9. The van der Waals surface area contributed by atoms with E-state index in [1.165, 1.54) is 25.7 Å². The van der Waals surface area contributed by atoms with Crippen molar-refractivity contribution in [3.63, 3.8) is 0 Å². The van der Waals surface area contributed by atoms with Crippen LogP contribution in [0.25, 0.3) is 0 Å². The van der Waals surface area contributed by atoms with Crippen LogP contribution in [0.4, 0.5) is 0 Å². The number of hydrogen-bond acceptors (Lipinski definition) is 3. The van der Waals surface area contributed by atoms with Gasteiger partial charge < -0.3 is 9.88 Å². The topological polar surface area (TPSA) is 66.1 Å². The van der Waals surface area contributed by atoms with Gasteiger partial charge in [0, 0.05) is 23.8 Å². The minimum absolute atomic E-state index is 0.0934. The molecule has 22 heavy (non-hydrogen) atoms. The number of carbonyl (C=O) groups is 1. The second kappa shape index (κ2) is 6.23. The van der Waals surface area contributed by atoms with Gasteiger partial charge in [-0.15, -0.1) is 0 Å². The maximum Gasteiger partial charge on any atom is 0.254 e. The Kier molecular flexibility index (Phi) is 4.32. The molecular formula is C17H25N3O2. The number of aromatic nitrogens is 2. The SMILES string of the molecule is Cc1nc(C)c(CC(=O)N2CCC[C@@H]3CCCC[C@H]32)c(=O)[nH]1. The zero-order chi connectivity index (χ0) is 15.7. The minimum atomic E-state index is -0.171. The molecule has 1 N–H and O–H groups in total. The van der Waals surface area contributed by atoms with E-state index < -0.39 is 0 Å². The Morgan fingerprint density at radius 3 is 2.73 bits per heavy atom. The Bertz CT molecular complexity index is 621. The molecule has 120 valence electrons. The first-order valence-electron chi connectivity index (χ1n) is 8.42. The molecule has 2 heterocycles. The molecule has 0 bridgehead atoms. The molecule has 1 aliphatic carbocycles. The van der Waals surface area contributed by atoms with Gasteiger partial charge in [-0.3, -0.25) is 9.59 Å². The van der Waals surface area contributed by atoms with Crippen molar-refractivity contribution >= 4 is 5.91 Å². The molecule has 3 rings (SSSR count). The summed E-state index contributed by atoms with van der Waals surface area (Å²) >= 11 is 0. The molecule has 2 aliphatic rings. The van der Waals surface area contributed by atoms with E-state index in [1.807, 2.05) is 11.8 Å². The minimum Gasteiger partial charge on any atom is -0.339 e. The molecule has 1 aromatic heterocycles. The molecule has 1 amide bonds. The van der Waals surface area contributed by atoms with Crippen LogP contribution in [0.15, 0.2) is 4.79 Å². The highest BCUT2D eigenvalue weighted by Gasteiger charge is 2.35. The highest BCUT2D eigenvalue weighted by Crippen LogP contribution is 2.35. The van der Waals surface area contributed by atoms with Crippen LogP contribution in [0, 0.1) is 19.8 Å². The predicted molar refractivity (Wildman–Crippen MR) is 84.7 cm³/mol. The summed E-state index contributed by atoms with van der Waals surface area (Å²) in [6.07, 6.45) is 7.41. The summed E-state index contributed by atoms with van der Waals surface area (Å²) < 4.78 is 0. The molecule has 1 saturated heterocycles. The van der Waals surface area contributed by atoms with Crippen LogP contribution in [-0.4, -0.2) is 33.4 Å². The van der Waals surface area contributed by atoms with Gasteiger partial charge in [0.1, 0.15) is 5.82 Å². The Morgan fingerprint density at radius 1 is 1.23 bits per heavy atom. The number of nitrogens with one attached hydrogen (secondary N) is 1. The number of nitrogens with zero attached hydrogens (tertiary/aromatic N) is 2. The number of piperidine rings is 1. The van der Waals surface area contributed by atoms with Crippen molar-refractivity contribution in [3.8, 4) is 0 Å². The number of hydrogen-bond donors (Lipinski definition) is 1. The van der Waals surface area contributed by atoms with Crippen molar-refractivity contribution in [1.82, 2.24) is 14.9 Å². The van der Waals surface area contributed by atoms with Crippen LogP contribution in [0.5, 0.6) is 0 Å². The van der Waals surface area contributed by atoms with Gasteiger partial charge in [0.05, 0.1) is 6.42 Å². The van der Waals surface area contributed by atoms with E-state index in [1.54, 1.807) is 6.92 Å². The molecule has 0 spiro atoms. The van der Waals surface area contributed by atoms with Crippen LogP contribution in [0.2, 0.25) is 0 Å². The van der Waals surface area contributed by atoms with Gasteiger partial charge in [0.15, 0.2) is 0 Å². The average Bonchev–Trinajstić information content (AvgIpc) is 2.50. The molecule has 1 aliphatic heterocycles. The third-order valence-electron chi connectivity index (χ3n) is 5.23. The van der Waals surface area contributed by atoms with Gasteiger partial charge in [-0.05, 0) is 45.4 Å². The van der Waals surface area contributed by atoms with Gasteiger partial charge in [0.25, 0.3) is 5.56 Å². The zero-order valence-corrected chi connectivity index (χ0v) is 13.5. The Hall–Kier alpha value is -1.65. The third kappa shape index (κ3) is 2.94. The van der Waals surface area contributed by atoms with E-state index in [9.17, 15) is 9.59 Å². The van der Waals surface area contributed by atoms with Crippen LogP contribution >= 0.6 is 0 Å². The second-order valence-electron chi connectivity index (χ2n) is 6.73. The van der Waals surface area contributed by atoms with Crippen LogP contribution in [0.1, 0.15) is 55.6 Å². The largest absolute Gasteiger partial charge is 0.339 e. The summed E-state index contributed by atoms with van der Waals surface area (Å²) in [5.41, 5.74) is 1.02. The maximum atomic E-state index is 12.8. The van der Waals surface area contributed by atoms with Gasteiger partial charge in [0.2, 0.25) is 5.91 Å². The number of amides is 1. The number of aromatic amines is 1. The molecule has 1 aromatic rings. The van der Waals surface area contributed by atoms with Crippen LogP contribution in [-0.2, 0) is 11.2 Å². The first-order valence-corrected chi connectivity index (χ1v) is 8.42. The van der Waals surface area contributed by atoms with Crippen molar-refractivity contribution < 1.29 is 4.79 Å². The first-order chi connectivity index (χ1) is 10.6. The van der Waals surface area contributed by atoms with Crippen LogP contribution < -0.4 is 5.56 Å². The van der Waals surface area contributed by atoms with Gasteiger partial charge >= 0.3 is 0 Å². The van der Waals surface area contributed by atoms with Crippen molar-refractivity contribution in [2.45, 2.75) is 64.8 Å². The number of fused-ring (bicyclic) bond motifs is 1. The fourth-order valence-electron chi connectivity index (χ4n) is 4.15. The monoisotopic (exact) mass is 303 g/mol. The van der Waals surface area contributed by atoms with Crippen molar-refractivity contribution in [2.24, 2.45) is 5.92 Å². The molecule has 0 radical (unpaired) electrons. The van der Waals surface area contributed by atoms with Crippen LogP contribution in [0.3, 0.4) is 0 Å². The molecule has 0 aromatic carbocycles. The number of carbonyl (C=O) groups excluding carboxylic acids is 1. The predicted octanol–water partition coefficient (Wildman–Crippen LogP) is 2.11. The summed E-state index contributed by atoms with van der Waals surface area (Å²) in [6.45, 7) is 4.41. The van der Waals surface area contributed by atoms with E-state index in [2.05, 4.69) is 9.97 Å². The molecular weight excluding hydrogens is 278 g/mol. The first kappa shape index (κ1) is 15.3.